The average Bonchev–Trinajstić information content (AvgIpc) is 2.76. The van der Waals surface area contributed by atoms with Gasteiger partial charge in [-0.05, 0) is 12.3 Å². The van der Waals surface area contributed by atoms with E-state index in [-0.39, 0.29) is 5.91 Å². The lowest BCUT2D eigenvalue weighted by Gasteiger charge is -2.35. The Balaban J connectivity index is 2.16. The summed E-state index contributed by atoms with van der Waals surface area (Å²) in [6, 6.07) is -0.843. The van der Waals surface area contributed by atoms with E-state index < -0.39 is 18.2 Å². The van der Waals surface area contributed by atoms with Gasteiger partial charge >= 0.3 is 6.03 Å². The largest absolute Gasteiger partial charge is 0.332 e. The highest BCUT2D eigenvalue weighted by Crippen LogP contribution is 2.28. The van der Waals surface area contributed by atoms with Crippen LogP contribution < -0.4 is 5.32 Å². The number of nitrogens with one attached hydrogen (secondary N) is 1. The van der Waals surface area contributed by atoms with E-state index in [0.29, 0.717) is 12.5 Å². The van der Waals surface area contributed by atoms with Crippen LogP contribution in [-0.4, -0.2) is 58.5 Å². The minimum absolute atomic E-state index is 0.284. The van der Waals surface area contributed by atoms with E-state index in [1.54, 1.807) is 24.9 Å². The molecular formula is C14H22N4O2S. The molecule has 0 bridgehead atoms. The number of carbonyl (C=O) groups excluding carboxylic acids is 2. The second kappa shape index (κ2) is 6.51. The van der Waals surface area contributed by atoms with Crippen LogP contribution in [0.3, 0.4) is 0 Å². The van der Waals surface area contributed by atoms with Gasteiger partial charge in [-0.1, -0.05) is 31.7 Å². The fourth-order valence-electron chi connectivity index (χ4n) is 2.34. The van der Waals surface area contributed by atoms with Crippen LogP contribution in [0.4, 0.5) is 4.79 Å². The average molecular weight is 310 g/mol. The summed E-state index contributed by atoms with van der Waals surface area (Å²) in [5.74, 6) is 1.29. The van der Waals surface area contributed by atoms with Gasteiger partial charge < -0.3 is 9.80 Å². The number of hydrogen-bond acceptors (Lipinski definition) is 5. The maximum Gasteiger partial charge on any atom is 0.325 e. The lowest BCUT2D eigenvalue weighted by Crippen LogP contribution is -2.63. The van der Waals surface area contributed by atoms with Crippen LogP contribution in [0.5, 0.6) is 0 Å². The Morgan fingerprint density at radius 3 is 2.81 bits per heavy atom. The van der Waals surface area contributed by atoms with E-state index in [4.69, 9.17) is 0 Å². The number of nitrogens with zero attached hydrogens (tertiary/aromatic N) is 3. The molecule has 2 aliphatic heterocycles. The van der Waals surface area contributed by atoms with Gasteiger partial charge in [0, 0.05) is 19.3 Å². The molecule has 0 aromatic carbocycles. The molecule has 3 amide bonds. The summed E-state index contributed by atoms with van der Waals surface area (Å²) < 4.78 is 0. The molecule has 2 unspecified atom stereocenters. The molecule has 0 spiro atoms. The summed E-state index contributed by atoms with van der Waals surface area (Å²) >= 11 is 1.64. The number of rotatable bonds is 5. The number of carbonyl (C=O) groups is 2. The van der Waals surface area contributed by atoms with Gasteiger partial charge in [0.15, 0.2) is 17.4 Å². The Morgan fingerprint density at radius 2 is 2.19 bits per heavy atom. The molecule has 2 rings (SSSR count). The fourth-order valence-corrected chi connectivity index (χ4v) is 3.65. The van der Waals surface area contributed by atoms with Crippen molar-refractivity contribution in [3.8, 4) is 0 Å². The van der Waals surface area contributed by atoms with Gasteiger partial charge in [-0.2, -0.15) is 0 Å². The molecule has 2 atom stereocenters. The summed E-state index contributed by atoms with van der Waals surface area (Å²) in [4.78, 5) is 31.8. The van der Waals surface area contributed by atoms with E-state index in [9.17, 15) is 9.59 Å². The zero-order chi connectivity index (χ0) is 15.6. The van der Waals surface area contributed by atoms with Crippen molar-refractivity contribution in [3.05, 3.63) is 12.7 Å². The van der Waals surface area contributed by atoms with Crippen LogP contribution in [0.15, 0.2) is 17.6 Å². The van der Waals surface area contributed by atoms with Crippen LogP contribution >= 0.6 is 11.8 Å². The van der Waals surface area contributed by atoms with Gasteiger partial charge in [0.25, 0.3) is 5.91 Å². The normalized spacial score (nSPS) is 25.0. The summed E-state index contributed by atoms with van der Waals surface area (Å²) in [5.41, 5.74) is 0. The van der Waals surface area contributed by atoms with E-state index >= 15 is 0 Å². The molecule has 21 heavy (non-hydrogen) atoms. The van der Waals surface area contributed by atoms with Gasteiger partial charge in [0.05, 0.1) is 0 Å². The zero-order valence-electron chi connectivity index (χ0n) is 12.7. The molecule has 1 fully saturated rings. The van der Waals surface area contributed by atoms with Gasteiger partial charge in [-0.15, -0.1) is 6.58 Å². The van der Waals surface area contributed by atoms with Crippen LogP contribution in [0.1, 0.15) is 20.3 Å². The number of hydrogen-bond donors (Lipinski definition) is 1. The van der Waals surface area contributed by atoms with Gasteiger partial charge in [-0.25, -0.2) is 9.79 Å². The number of urea groups is 1. The van der Waals surface area contributed by atoms with Crippen LogP contribution in [-0.2, 0) is 4.79 Å². The summed E-state index contributed by atoms with van der Waals surface area (Å²) in [5, 5.41) is 3.19. The molecule has 0 aromatic rings. The van der Waals surface area contributed by atoms with Crippen LogP contribution in [0, 0.1) is 5.92 Å². The maximum atomic E-state index is 12.1. The van der Waals surface area contributed by atoms with Crippen molar-refractivity contribution in [2.24, 2.45) is 10.9 Å². The van der Waals surface area contributed by atoms with E-state index in [1.165, 1.54) is 4.90 Å². The molecule has 2 heterocycles. The third-order valence-electron chi connectivity index (χ3n) is 3.57. The van der Waals surface area contributed by atoms with E-state index in [1.807, 2.05) is 4.90 Å². The number of aliphatic imine (C=N–C) groups is 1. The third-order valence-corrected chi connectivity index (χ3v) is 4.61. The fraction of sp³-hybridized carbons (Fsp3) is 0.643. The van der Waals surface area contributed by atoms with Gasteiger partial charge in [-0.3, -0.25) is 10.1 Å². The molecule has 1 N–H and O–H groups in total. The number of thioether (sulfide) groups is 1. The first-order valence-corrected chi connectivity index (χ1v) is 8.10. The van der Waals surface area contributed by atoms with Crippen molar-refractivity contribution in [3.63, 3.8) is 0 Å². The van der Waals surface area contributed by atoms with Crippen molar-refractivity contribution < 1.29 is 9.59 Å². The second-order valence-electron chi connectivity index (χ2n) is 5.65. The molecule has 0 aromatic heterocycles. The predicted octanol–water partition coefficient (Wildman–Crippen LogP) is 1.50. The monoisotopic (exact) mass is 310 g/mol. The molecule has 0 saturated carbocycles. The molecule has 2 aliphatic rings. The number of likely N-dealkylation sites (N-methyl/N-ethyl adjacent to an activating group) is 1. The summed E-state index contributed by atoms with van der Waals surface area (Å²) in [6.45, 7) is 8.65. The quantitative estimate of drug-likeness (QED) is 0.782. The first-order valence-electron chi connectivity index (χ1n) is 7.11. The number of amidine groups is 1. The Bertz CT molecular complexity index is 478. The van der Waals surface area contributed by atoms with Gasteiger partial charge in [0.1, 0.15) is 0 Å². The van der Waals surface area contributed by atoms with Crippen molar-refractivity contribution >= 4 is 28.9 Å². The minimum Gasteiger partial charge on any atom is -0.332 e. The SMILES string of the molecule is C=CCN1C(SCCC(C)C)=NC2C1C(=O)NC(=O)N2C. The molecule has 1 saturated heterocycles. The molecule has 6 nitrogen and oxygen atoms in total. The lowest BCUT2D eigenvalue weighted by atomic mass is 10.1. The lowest BCUT2D eigenvalue weighted by molar-refractivity contribution is -0.126. The molecule has 7 heteroatoms. The second-order valence-corrected chi connectivity index (χ2v) is 6.71. The predicted molar refractivity (Wildman–Crippen MR) is 85.1 cm³/mol. The van der Waals surface area contributed by atoms with Crippen LogP contribution in [0.2, 0.25) is 0 Å². The standard InChI is InChI=1S/C14H22N4O2S/c1-5-7-18-10-11(17(4)13(20)16-12(10)19)15-14(18)21-8-6-9(2)3/h5,9-11H,1,6-8H2,2-4H3,(H,16,19,20). The van der Waals surface area contributed by atoms with Crippen LogP contribution in [0.25, 0.3) is 0 Å². The third kappa shape index (κ3) is 3.23. The zero-order valence-corrected chi connectivity index (χ0v) is 13.5. The van der Waals surface area contributed by atoms with Crippen molar-refractivity contribution in [2.45, 2.75) is 32.5 Å². The first kappa shape index (κ1) is 15.9. The number of fused-ring (bicyclic) bond motifs is 1. The Morgan fingerprint density at radius 1 is 1.48 bits per heavy atom. The Kier molecular flexibility index (Phi) is 4.92. The highest BCUT2D eigenvalue weighted by atomic mass is 32.2. The van der Waals surface area contributed by atoms with Gasteiger partial charge in [0.2, 0.25) is 0 Å². The molecule has 0 radical (unpaired) electrons. The highest BCUT2D eigenvalue weighted by Gasteiger charge is 2.48. The minimum atomic E-state index is -0.452. The Hall–Kier alpha value is -1.50. The first-order chi connectivity index (χ1) is 9.95. The highest BCUT2D eigenvalue weighted by molar-refractivity contribution is 8.13. The maximum absolute atomic E-state index is 12.1. The van der Waals surface area contributed by atoms with E-state index in [0.717, 1.165) is 17.3 Å². The molecular weight excluding hydrogens is 288 g/mol. The van der Waals surface area contributed by atoms with Crippen molar-refractivity contribution in [2.75, 3.05) is 19.3 Å². The summed E-state index contributed by atoms with van der Waals surface area (Å²) in [7, 11) is 1.66. The summed E-state index contributed by atoms with van der Waals surface area (Å²) in [6.07, 6.45) is 2.40. The molecule has 0 aliphatic carbocycles. The number of amides is 3. The Labute approximate surface area is 129 Å². The number of imide groups is 1. The smallest absolute Gasteiger partial charge is 0.325 e. The van der Waals surface area contributed by atoms with Crippen molar-refractivity contribution in [1.29, 1.82) is 0 Å². The van der Waals surface area contributed by atoms with E-state index in [2.05, 4.69) is 30.7 Å². The molecule has 116 valence electrons. The van der Waals surface area contributed by atoms with Crippen molar-refractivity contribution in [1.82, 2.24) is 15.1 Å². The topological polar surface area (TPSA) is 65.0 Å².